The molecule has 2 aliphatic rings. The molecule has 84 valence electrons. The van der Waals surface area contributed by atoms with Gasteiger partial charge in [0.2, 0.25) is 0 Å². The van der Waals surface area contributed by atoms with E-state index in [1.54, 1.807) is 0 Å². The van der Waals surface area contributed by atoms with E-state index >= 15 is 0 Å². The summed E-state index contributed by atoms with van der Waals surface area (Å²) in [6.07, 6.45) is -1.17. The highest BCUT2D eigenvalue weighted by Gasteiger charge is 2.53. The number of carbonyl (C=O) groups is 2. The molecule has 2 atom stereocenters. The number of likely N-dealkylation sites (tertiary alicyclic amines) is 1. The van der Waals surface area contributed by atoms with Crippen molar-refractivity contribution < 1.29 is 24.5 Å². The van der Waals surface area contributed by atoms with Gasteiger partial charge in [0, 0.05) is 13.0 Å². The molecule has 2 aliphatic heterocycles. The number of carbonyl (C=O) groups excluding carboxylic acids is 1. The fourth-order valence-corrected chi connectivity index (χ4v) is 2.25. The van der Waals surface area contributed by atoms with Gasteiger partial charge in [0.15, 0.2) is 0 Å². The van der Waals surface area contributed by atoms with Crippen molar-refractivity contribution in [3.05, 3.63) is 0 Å². The van der Waals surface area contributed by atoms with Crippen LogP contribution >= 0.6 is 0 Å². The summed E-state index contributed by atoms with van der Waals surface area (Å²) >= 11 is 0. The first-order valence-electron chi connectivity index (χ1n) is 4.89. The van der Waals surface area contributed by atoms with Gasteiger partial charge < -0.3 is 19.8 Å². The fourth-order valence-electron chi connectivity index (χ4n) is 2.25. The highest BCUT2D eigenvalue weighted by Crippen LogP contribution is 2.40. The lowest BCUT2D eigenvalue weighted by atomic mass is 9.75. The third kappa shape index (κ3) is 1.45. The minimum atomic E-state index is -1.06. The molecule has 15 heavy (non-hydrogen) atoms. The molecule has 2 rings (SSSR count). The van der Waals surface area contributed by atoms with Gasteiger partial charge in [-0.05, 0) is 6.42 Å². The maximum absolute atomic E-state index is 11.5. The van der Waals surface area contributed by atoms with E-state index in [0.717, 1.165) is 4.90 Å². The number of amides is 1. The second kappa shape index (κ2) is 3.37. The van der Waals surface area contributed by atoms with Crippen molar-refractivity contribution in [2.75, 3.05) is 19.7 Å². The molecule has 1 spiro atoms. The van der Waals surface area contributed by atoms with Crippen LogP contribution in [0.1, 0.15) is 12.8 Å². The lowest BCUT2D eigenvalue weighted by molar-refractivity contribution is -0.155. The van der Waals surface area contributed by atoms with Crippen molar-refractivity contribution in [2.45, 2.75) is 18.9 Å². The predicted molar refractivity (Wildman–Crippen MR) is 48.2 cm³/mol. The largest absolute Gasteiger partial charge is 0.465 e. The molecular weight excluding hydrogens is 202 g/mol. The van der Waals surface area contributed by atoms with Crippen molar-refractivity contribution in [2.24, 2.45) is 5.41 Å². The summed E-state index contributed by atoms with van der Waals surface area (Å²) in [6.45, 7) is 0.592. The highest BCUT2D eigenvalue weighted by atomic mass is 16.5. The number of aliphatic hydroxyl groups is 1. The lowest BCUT2D eigenvalue weighted by Crippen LogP contribution is -2.54. The third-order valence-corrected chi connectivity index (χ3v) is 3.32. The first-order valence-corrected chi connectivity index (χ1v) is 4.89. The van der Waals surface area contributed by atoms with Crippen LogP contribution in [0.2, 0.25) is 0 Å². The molecule has 2 N–H and O–H groups in total. The number of β-amino-alcohol motifs (C(OH)–C–C–N with tert-alkyl or cyclic N) is 1. The number of hydrogen-bond acceptors (Lipinski definition) is 4. The van der Waals surface area contributed by atoms with E-state index in [4.69, 9.17) is 9.84 Å². The normalized spacial score (nSPS) is 35.7. The summed E-state index contributed by atoms with van der Waals surface area (Å²) in [7, 11) is 0. The number of rotatable bonds is 0. The Morgan fingerprint density at radius 1 is 1.53 bits per heavy atom. The van der Waals surface area contributed by atoms with E-state index in [9.17, 15) is 14.7 Å². The number of piperidine rings is 1. The number of esters is 1. The first-order chi connectivity index (χ1) is 7.06. The number of hydrogen-bond donors (Lipinski definition) is 2. The van der Waals surface area contributed by atoms with Crippen LogP contribution in [-0.2, 0) is 9.53 Å². The number of aliphatic hydroxyl groups excluding tert-OH is 1. The Kier molecular flexibility index (Phi) is 2.30. The van der Waals surface area contributed by atoms with Crippen molar-refractivity contribution in [1.82, 2.24) is 4.90 Å². The summed E-state index contributed by atoms with van der Waals surface area (Å²) in [4.78, 5) is 23.3. The van der Waals surface area contributed by atoms with Gasteiger partial charge in [-0.2, -0.15) is 0 Å². The molecule has 0 aromatic rings. The maximum Gasteiger partial charge on any atom is 0.407 e. The Labute approximate surface area is 86.4 Å². The smallest absolute Gasteiger partial charge is 0.407 e. The van der Waals surface area contributed by atoms with Crippen LogP contribution in [0.5, 0.6) is 0 Å². The molecule has 0 aliphatic carbocycles. The summed E-state index contributed by atoms with van der Waals surface area (Å²) in [5, 5.41) is 18.6. The predicted octanol–water partition coefficient (Wildman–Crippen LogP) is -0.336. The lowest BCUT2D eigenvalue weighted by Gasteiger charge is -2.39. The van der Waals surface area contributed by atoms with E-state index in [1.165, 1.54) is 0 Å². The molecule has 2 fully saturated rings. The second-order valence-electron chi connectivity index (χ2n) is 4.04. The van der Waals surface area contributed by atoms with Crippen molar-refractivity contribution in [3.63, 3.8) is 0 Å². The summed E-state index contributed by atoms with van der Waals surface area (Å²) in [5.41, 5.74) is -0.855. The molecule has 0 bridgehead atoms. The van der Waals surface area contributed by atoms with Gasteiger partial charge in [0.25, 0.3) is 0 Å². The van der Waals surface area contributed by atoms with Crippen LogP contribution in [0, 0.1) is 5.41 Å². The quantitative estimate of drug-likeness (QED) is 0.540. The maximum atomic E-state index is 11.5. The van der Waals surface area contributed by atoms with Gasteiger partial charge in [-0.25, -0.2) is 4.79 Å². The van der Waals surface area contributed by atoms with Crippen LogP contribution in [0.15, 0.2) is 0 Å². The molecule has 2 saturated heterocycles. The summed E-state index contributed by atoms with van der Waals surface area (Å²) in [5.74, 6) is -0.389. The molecule has 0 saturated carbocycles. The van der Waals surface area contributed by atoms with Crippen LogP contribution in [0.4, 0.5) is 4.79 Å². The van der Waals surface area contributed by atoms with E-state index < -0.39 is 17.6 Å². The molecular formula is C9H13NO5. The summed E-state index contributed by atoms with van der Waals surface area (Å²) in [6, 6.07) is 0. The summed E-state index contributed by atoms with van der Waals surface area (Å²) < 4.78 is 4.85. The number of ether oxygens (including phenoxy) is 1. The van der Waals surface area contributed by atoms with Crippen LogP contribution in [0.25, 0.3) is 0 Å². The van der Waals surface area contributed by atoms with Crippen LogP contribution in [0.3, 0.4) is 0 Å². The highest BCUT2D eigenvalue weighted by molar-refractivity contribution is 5.80. The molecule has 0 aromatic heterocycles. The van der Waals surface area contributed by atoms with E-state index in [2.05, 4.69) is 0 Å². The van der Waals surface area contributed by atoms with Crippen molar-refractivity contribution in [3.8, 4) is 0 Å². The zero-order chi connectivity index (χ0) is 11.1. The molecule has 0 radical (unpaired) electrons. The zero-order valence-electron chi connectivity index (χ0n) is 8.18. The SMILES string of the molecule is O=C(O)N1CCC2(CCOC2=O)C(O)C1. The Balaban J connectivity index is 2.13. The van der Waals surface area contributed by atoms with Gasteiger partial charge >= 0.3 is 12.1 Å². The van der Waals surface area contributed by atoms with E-state index in [-0.39, 0.29) is 19.1 Å². The zero-order valence-corrected chi connectivity index (χ0v) is 8.18. The standard InChI is InChI=1S/C9H13NO5/c11-6-5-10(8(13)14)3-1-9(6)2-4-15-7(9)12/h6,11H,1-5H2,(H,13,14). The first kappa shape index (κ1) is 10.2. The molecule has 6 heteroatoms. The average Bonchev–Trinajstić information content (AvgIpc) is 2.54. The van der Waals surface area contributed by atoms with E-state index in [1.807, 2.05) is 0 Å². The average molecular weight is 215 g/mol. The van der Waals surface area contributed by atoms with Crippen LogP contribution in [-0.4, -0.2) is 53.0 Å². The Hall–Kier alpha value is -1.30. The number of nitrogens with zero attached hydrogens (tertiary/aromatic N) is 1. The monoisotopic (exact) mass is 215 g/mol. The van der Waals surface area contributed by atoms with Gasteiger partial charge in [-0.15, -0.1) is 0 Å². The second-order valence-corrected chi connectivity index (χ2v) is 4.04. The van der Waals surface area contributed by atoms with Gasteiger partial charge in [0.1, 0.15) is 5.41 Å². The topological polar surface area (TPSA) is 87.1 Å². The minimum absolute atomic E-state index is 0.00949. The molecule has 1 amide bonds. The van der Waals surface area contributed by atoms with Crippen LogP contribution < -0.4 is 0 Å². The molecule has 2 heterocycles. The molecule has 0 aromatic carbocycles. The Bertz CT molecular complexity index is 305. The van der Waals surface area contributed by atoms with Crippen molar-refractivity contribution >= 4 is 12.1 Å². The number of carboxylic acid groups (broad SMARTS) is 1. The fraction of sp³-hybridized carbons (Fsp3) is 0.778. The van der Waals surface area contributed by atoms with E-state index in [0.29, 0.717) is 19.4 Å². The van der Waals surface area contributed by atoms with Gasteiger partial charge in [-0.3, -0.25) is 4.79 Å². The Morgan fingerprint density at radius 3 is 2.73 bits per heavy atom. The molecule has 2 unspecified atom stereocenters. The number of cyclic esters (lactones) is 1. The van der Waals surface area contributed by atoms with Gasteiger partial charge in [0.05, 0.1) is 19.3 Å². The third-order valence-electron chi connectivity index (χ3n) is 3.32. The van der Waals surface area contributed by atoms with Gasteiger partial charge in [-0.1, -0.05) is 0 Å². The minimum Gasteiger partial charge on any atom is -0.465 e. The van der Waals surface area contributed by atoms with Crippen molar-refractivity contribution in [1.29, 1.82) is 0 Å². The Morgan fingerprint density at radius 2 is 2.27 bits per heavy atom. The molecule has 6 nitrogen and oxygen atoms in total.